The predicted molar refractivity (Wildman–Crippen MR) is 91.7 cm³/mol. The Morgan fingerprint density at radius 3 is 2.36 bits per heavy atom. The van der Waals surface area contributed by atoms with E-state index in [2.05, 4.69) is 17.0 Å². The standard InChI is InChI=1S/C18H16ClN3/c1-13-8-10-15(11-9-13)20-12-17-14(2)21-22(18(17)19)16-6-4-3-5-7-16/h3-12H,1-2H3. The molecule has 0 spiro atoms. The van der Waals surface area contributed by atoms with Crippen molar-refractivity contribution in [2.45, 2.75) is 13.8 Å². The Morgan fingerprint density at radius 2 is 1.68 bits per heavy atom. The summed E-state index contributed by atoms with van der Waals surface area (Å²) in [5.41, 5.74) is 4.74. The van der Waals surface area contributed by atoms with Gasteiger partial charge in [0.25, 0.3) is 0 Å². The lowest BCUT2D eigenvalue weighted by Crippen LogP contribution is -1.95. The van der Waals surface area contributed by atoms with Crippen LogP contribution in [0.5, 0.6) is 0 Å². The van der Waals surface area contributed by atoms with Gasteiger partial charge in [-0.15, -0.1) is 0 Å². The fourth-order valence-electron chi connectivity index (χ4n) is 2.17. The van der Waals surface area contributed by atoms with Crippen LogP contribution >= 0.6 is 11.6 Å². The zero-order valence-corrected chi connectivity index (χ0v) is 13.2. The summed E-state index contributed by atoms with van der Waals surface area (Å²) < 4.78 is 1.73. The van der Waals surface area contributed by atoms with Gasteiger partial charge in [-0.05, 0) is 38.1 Å². The van der Waals surface area contributed by atoms with Gasteiger partial charge in [0.2, 0.25) is 0 Å². The minimum Gasteiger partial charge on any atom is -0.256 e. The second kappa shape index (κ2) is 6.16. The van der Waals surface area contributed by atoms with Gasteiger partial charge in [-0.1, -0.05) is 47.5 Å². The van der Waals surface area contributed by atoms with Gasteiger partial charge >= 0.3 is 0 Å². The minimum absolute atomic E-state index is 0.569. The van der Waals surface area contributed by atoms with E-state index >= 15 is 0 Å². The molecule has 0 unspecified atom stereocenters. The molecule has 0 aliphatic heterocycles. The molecule has 22 heavy (non-hydrogen) atoms. The lowest BCUT2D eigenvalue weighted by atomic mass is 10.2. The number of hydrogen-bond donors (Lipinski definition) is 0. The van der Waals surface area contributed by atoms with Gasteiger partial charge in [-0.3, -0.25) is 4.99 Å². The van der Waals surface area contributed by atoms with Crippen molar-refractivity contribution >= 4 is 23.5 Å². The lowest BCUT2D eigenvalue weighted by Gasteiger charge is -2.01. The average Bonchev–Trinajstić information content (AvgIpc) is 2.82. The van der Waals surface area contributed by atoms with Crippen molar-refractivity contribution in [2.24, 2.45) is 4.99 Å². The maximum atomic E-state index is 6.46. The third-order valence-electron chi connectivity index (χ3n) is 3.43. The lowest BCUT2D eigenvalue weighted by molar-refractivity contribution is 0.863. The minimum atomic E-state index is 0.569. The smallest absolute Gasteiger partial charge is 0.141 e. The molecule has 0 atom stereocenters. The first-order valence-electron chi connectivity index (χ1n) is 7.06. The van der Waals surface area contributed by atoms with Crippen molar-refractivity contribution in [3.8, 4) is 5.69 Å². The normalized spacial score (nSPS) is 11.2. The molecule has 0 radical (unpaired) electrons. The first-order chi connectivity index (χ1) is 10.6. The van der Waals surface area contributed by atoms with Gasteiger partial charge in [-0.25, -0.2) is 4.68 Å². The molecule has 0 amide bonds. The van der Waals surface area contributed by atoms with Crippen molar-refractivity contribution < 1.29 is 0 Å². The maximum Gasteiger partial charge on any atom is 0.141 e. The van der Waals surface area contributed by atoms with Crippen LogP contribution in [0.1, 0.15) is 16.8 Å². The second-order valence-corrected chi connectivity index (χ2v) is 5.49. The highest BCUT2D eigenvalue weighted by Gasteiger charge is 2.12. The highest BCUT2D eigenvalue weighted by Crippen LogP contribution is 2.23. The van der Waals surface area contributed by atoms with E-state index in [0.29, 0.717) is 5.15 Å². The fraction of sp³-hybridized carbons (Fsp3) is 0.111. The first kappa shape index (κ1) is 14.5. The van der Waals surface area contributed by atoms with E-state index in [0.717, 1.165) is 22.6 Å². The molecule has 0 N–H and O–H groups in total. The summed E-state index contributed by atoms with van der Waals surface area (Å²) >= 11 is 6.46. The Hall–Kier alpha value is -2.39. The molecule has 0 fully saturated rings. The van der Waals surface area contributed by atoms with Crippen molar-refractivity contribution in [3.63, 3.8) is 0 Å². The summed E-state index contributed by atoms with van der Waals surface area (Å²) in [6, 6.07) is 17.9. The molecule has 3 rings (SSSR count). The van der Waals surface area contributed by atoms with Crippen LogP contribution in [0.4, 0.5) is 5.69 Å². The number of halogens is 1. The Morgan fingerprint density at radius 1 is 1.00 bits per heavy atom. The van der Waals surface area contributed by atoms with E-state index in [1.807, 2.05) is 61.5 Å². The average molecular weight is 310 g/mol. The van der Waals surface area contributed by atoms with Crippen molar-refractivity contribution in [1.82, 2.24) is 9.78 Å². The third-order valence-corrected chi connectivity index (χ3v) is 3.79. The zero-order chi connectivity index (χ0) is 15.5. The van der Waals surface area contributed by atoms with Gasteiger partial charge in [0, 0.05) is 6.21 Å². The van der Waals surface area contributed by atoms with Crippen LogP contribution in [-0.4, -0.2) is 16.0 Å². The zero-order valence-electron chi connectivity index (χ0n) is 12.5. The van der Waals surface area contributed by atoms with E-state index in [4.69, 9.17) is 11.6 Å². The van der Waals surface area contributed by atoms with Gasteiger partial charge in [-0.2, -0.15) is 5.10 Å². The third kappa shape index (κ3) is 2.95. The summed E-state index contributed by atoms with van der Waals surface area (Å²) in [5.74, 6) is 0. The van der Waals surface area contributed by atoms with Crippen LogP contribution in [0.25, 0.3) is 5.69 Å². The fourth-order valence-corrected chi connectivity index (χ4v) is 2.49. The molecule has 0 aliphatic rings. The maximum absolute atomic E-state index is 6.46. The van der Waals surface area contributed by atoms with E-state index < -0.39 is 0 Å². The molecule has 110 valence electrons. The quantitative estimate of drug-likeness (QED) is 0.633. The molecular weight excluding hydrogens is 294 g/mol. The van der Waals surface area contributed by atoms with Gasteiger partial charge in [0.15, 0.2) is 0 Å². The van der Waals surface area contributed by atoms with Crippen LogP contribution < -0.4 is 0 Å². The second-order valence-electron chi connectivity index (χ2n) is 5.13. The van der Waals surface area contributed by atoms with Crippen LogP contribution in [0.3, 0.4) is 0 Å². The van der Waals surface area contributed by atoms with Gasteiger partial charge in [0.05, 0.1) is 22.6 Å². The van der Waals surface area contributed by atoms with E-state index in [9.17, 15) is 0 Å². The molecule has 0 saturated heterocycles. The molecule has 1 aromatic heterocycles. The number of aliphatic imine (C=N–C) groups is 1. The first-order valence-corrected chi connectivity index (χ1v) is 7.44. The Kier molecular flexibility index (Phi) is 4.07. The van der Waals surface area contributed by atoms with E-state index in [1.165, 1.54) is 5.56 Å². The number of hydrogen-bond acceptors (Lipinski definition) is 2. The SMILES string of the molecule is Cc1ccc(N=Cc2c(C)nn(-c3ccccc3)c2Cl)cc1. The van der Waals surface area contributed by atoms with Crippen LogP contribution in [0, 0.1) is 13.8 Å². The highest BCUT2D eigenvalue weighted by molar-refractivity contribution is 6.32. The monoisotopic (exact) mass is 309 g/mol. The molecule has 0 aliphatic carbocycles. The summed E-state index contributed by atoms with van der Waals surface area (Å²) in [4.78, 5) is 4.48. The number of aryl methyl sites for hydroxylation is 2. The molecule has 2 aromatic carbocycles. The largest absolute Gasteiger partial charge is 0.256 e. The van der Waals surface area contributed by atoms with Gasteiger partial charge < -0.3 is 0 Å². The van der Waals surface area contributed by atoms with Gasteiger partial charge in [0.1, 0.15) is 5.15 Å². The Labute approximate surface area is 134 Å². The molecule has 0 bridgehead atoms. The van der Waals surface area contributed by atoms with Crippen molar-refractivity contribution in [1.29, 1.82) is 0 Å². The van der Waals surface area contributed by atoms with E-state index in [-0.39, 0.29) is 0 Å². The summed E-state index contributed by atoms with van der Waals surface area (Å²) in [5, 5.41) is 5.07. The summed E-state index contributed by atoms with van der Waals surface area (Å²) in [7, 11) is 0. The number of rotatable bonds is 3. The molecule has 0 saturated carbocycles. The molecule has 3 nitrogen and oxygen atoms in total. The Bertz CT molecular complexity index is 802. The van der Waals surface area contributed by atoms with Crippen molar-refractivity contribution in [3.05, 3.63) is 76.6 Å². The Balaban J connectivity index is 1.95. The van der Waals surface area contributed by atoms with E-state index in [1.54, 1.807) is 10.9 Å². The number of benzene rings is 2. The van der Waals surface area contributed by atoms with Crippen molar-refractivity contribution in [2.75, 3.05) is 0 Å². The number of nitrogens with zero attached hydrogens (tertiary/aromatic N) is 3. The predicted octanol–water partition coefficient (Wildman–Crippen LogP) is 4.89. The highest BCUT2D eigenvalue weighted by atomic mass is 35.5. The van der Waals surface area contributed by atoms with Crippen LogP contribution in [-0.2, 0) is 0 Å². The summed E-state index contributed by atoms with van der Waals surface area (Å²) in [6.45, 7) is 3.99. The summed E-state index contributed by atoms with van der Waals surface area (Å²) in [6.07, 6.45) is 1.77. The molecule has 1 heterocycles. The number of para-hydroxylation sites is 1. The molecule has 4 heteroatoms. The van der Waals surface area contributed by atoms with Crippen LogP contribution in [0.15, 0.2) is 59.6 Å². The van der Waals surface area contributed by atoms with Crippen LogP contribution in [0.2, 0.25) is 5.15 Å². The topological polar surface area (TPSA) is 30.2 Å². The number of aromatic nitrogens is 2. The molecule has 3 aromatic rings. The molecular formula is C18H16ClN3.